The lowest BCUT2D eigenvalue weighted by Crippen LogP contribution is -2.60. The van der Waals surface area contributed by atoms with Gasteiger partial charge in [0.05, 0.1) is 23.5 Å². The number of carbonyl (C=O) groups is 3. The molecule has 9 heteroatoms. The summed E-state index contributed by atoms with van der Waals surface area (Å²) in [7, 11) is 0. The second kappa shape index (κ2) is 5.76. The first-order valence-corrected chi connectivity index (χ1v) is 7.55. The van der Waals surface area contributed by atoms with Crippen molar-refractivity contribution in [3.05, 3.63) is 28.7 Å². The van der Waals surface area contributed by atoms with Crippen molar-refractivity contribution >= 4 is 28.8 Å². The molecule has 2 atom stereocenters. The second-order valence-corrected chi connectivity index (χ2v) is 6.11. The van der Waals surface area contributed by atoms with Gasteiger partial charge in [-0.2, -0.15) is 5.10 Å². The average Bonchev–Trinajstić information content (AvgIpc) is 3.15. The van der Waals surface area contributed by atoms with Crippen LogP contribution in [0.25, 0.3) is 0 Å². The zero-order chi connectivity index (χ0) is 15.7. The van der Waals surface area contributed by atoms with Gasteiger partial charge < -0.3 is 5.32 Å². The Hall–Kier alpha value is -2.42. The fraction of sp³-hybridized carbons (Fsp3) is 0.385. The highest BCUT2D eigenvalue weighted by atomic mass is 32.1. The van der Waals surface area contributed by atoms with Crippen LogP contribution < -0.4 is 5.32 Å². The van der Waals surface area contributed by atoms with Crippen LogP contribution in [0.4, 0.5) is 0 Å². The SMILES string of the molecule is Cc1nc(C(=O)C(=O)C[C@@H]2C(=O)N[C@@H]2Cn2cncn2)cs1. The molecule has 114 valence electrons. The van der Waals surface area contributed by atoms with Crippen molar-refractivity contribution in [2.45, 2.75) is 25.9 Å². The summed E-state index contributed by atoms with van der Waals surface area (Å²) in [4.78, 5) is 43.5. The highest BCUT2D eigenvalue weighted by molar-refractivity contribution is 7.09. The van der Waals surface area contributed by atoms with Crippen molar-refractivity contribution in [3.63, 3.8) is 0 Å². The van der Waals surface area contributed by atoms with E-state index >= 15 is 0 Å². The predicted octanol–water partition coefficient (Wildman–Crippen LogP) is -0.000280. The van der Waals surface area contributed by atoms with E-state index in [4.69, 9.17) is 0 Å². The molecule has 0 saturated carbocycles. The van der Waals surface area contributed by atoms with Gasteiger partial charge in [-0.3, -0.25) is 19.1 Å². The van der Waals surface area contributed by atoms with Crippen LogP contribution in [0.15, 0.2) is 18.0 Å². The molecule has 0 aromatic carbocycles. The van der Waals surface area contributed by atoms with E-state index in [1.807, 2.05) is 0 Å². The number of rotatable bonds is 6. The van der Waals surface area contributed by atoms with Crippen LogP contribution in [-0.2, 0) is 16.1 Å². The Labute approximate surface area is 129 Å². The maximum absolute atomic E-state index is 12.0. The quantitative estimate of drug-likeness (QED) is 0.456. The van der Waals surface area contributed by atoms with E-state index in [-0.39, 0.29) is 24.1 Å². The van der Waals surface area contributed by atoms with E-state index in [1.165, 1.54) is 24.0 Å². The van der Waals surface area contributed by atoms with Crippen molar-refractivity contribution in [1.82, 2.24) is 25.1 Å². The zero-order valence-corrected chi connectivity index (χ0v) is 12.5. The fourth-order valence-electron chi connectivity index (χ4n) is 2.32. The number of nitrogens with zero attached hydrogens (tertiary/aromatic N) is 4. The third kappa shape index (κ3) is 2.80. The first kappa shape index (κ1) is 14.5. The highest BCUT2D eigenvalue weighted by Crippen LogP contribution is 2.22. The number of β-lactam (4-membered cyclic amide) rings is 1. The summed E-state index contributed by atoms with van der Waals surface area (Å²) in [6, 6.07) is -0.219. The Balaban J connectivity index is 1.62. The van der Waals surface area contributed by atoms with Gasteiger partial charge >= 0.3 is 0 Å². The molecule has 8 nitrogen and oxygen atoms in total. The van der Waals surface area contributed by atoms with E-state index in [2.05, 4.69) is 20.4 Å². The molecule has 2 aromatic heterocycles. The molecular weight excluding hydrogens is 306 g/mol. The highest BCUT2D eigenvalue weighted by Gasteiger charge is 2.41. The van der Waals surface area contributed by atoms with Crippen LogP contribution in [-0.4, -0.2) is 43.3 Å². The molecular formula is C13H13N5O3S. The van der Waals surface area contributed by atoms with E-state index in [0.29, 0.717) is 6.54 Å². The number of ketones is 2. The third-order valence-electron chi connectivity index (χ3n) is 3.51. The fourth-order valence-corrected chi connectivity index (χ4v) is 2.91. The van der Waals surface area contributed by atoms with Gasteiger partial charge in [0.15, 0.2) is 0 Å². The Morgan fingerprint density at radius 2 is 2.27 bits per heavy atom. The standard InChI is InChI=1S/C13H13N5O3S/c1-7-16-10(4-22-7)12(20)11(19)2-8-9(17-13(8)21)3-18-6-14-5-15-18/h4-6,8-9H,2-3H2,1H3,(H,17,21)/t8-,9+/m0/s1. The van der Waals surface area contributed by atoms with Crippen LogP contribution in [0.5, 0.6) is 0 Å². The molecule has 1 N–H and O–H groups in total. The molecule has 3 rings (SSSR count). The number of amides is 1. The number of hydrogen-bond donors (Lipinski definition) is 1. The van der Waals surface area contributed by atoms with Crippen molar-refractivity contribution in [2.75, 3.05) is 0 Å². The van der Waals surface area contributed by atoms with Gasteiger partial charge in [-0.05, 0) is 6.92 Å². The Morgan fingerprint density at radius 1 is 1.45 bits per heavy atom. The summed E-state index contributed by atoms with van der Waals surface area (Å²) >= 11 is 1.31. The molecule has 1 saturated heterocycles. The molecule has 1 fully saturated rings. The number of thiazole rings is 1. The Bertz CT molecular complexity index is 724. The topological polar surface area (TPSA) is 107 Å². The van der Waals surface area contributed by atoms with Gasteiger partial charge in [0.25, 0.3) is 0 Å². The molecule has 2 aromatic rings. The third-order valence-corrected chi connectivity index (χ3v) is 4.28. The number of hydrogen-bond acceptors (Lipinski definition) is 7. The normalized spacial score (nSPS) is 20.3. The summed E-state index contributed by atoms with van der Waals surface area (Å²) in [5, 5.41) is 8.95. The van der Waals surface area contributed by atoms with Crippen LogP contribution >= 0.6 is 11.3 Å². The van der Waals surface area contributed by atoms with E-state index in [9.17, 15) is 14.4 Å². The van der Waals surface area contributed by atoms with Gasteiger partial charge in [0, 0.05) is 11.8 Å². The van der Waals surface area contributed by atoms with E-state index in [1.54, 1.807) is 17.0 Å². The maximum Gasteiger partial charge on any atom is 0.247 e. The molecule has 22 heavy (non-hydrogen) atoms. The summed E-state index contributed by atoms with van der Waals surface area (Å²) in [6.45, 7) is 2.19. The molecule has 0 aliphatic carbocycles. The minimum absolute atomic E-state index is 0.111. The minimum atomic E-state index is -0.636. The zero-order valence-electron chi connectivity index (χ0n) is 11.7. The molecule has 1 aliphatic heterocycles. The van der Waals surface area contributed by atoms with Crippen LogP contribution in [0.1, 0.15) is 21.9 Å². The lowest BCUT2D eigenvalue weighted by atomic mass is 9.85. The minimum Gasteiger partial charge on any atom is -0.350 e. The number of Topliss-reactive ketones (excluding diaryl/α,β-unsaturated/α-hetero) is 2. The molecule has 1 amide bonds. The first-order valence-electron chi connectivity index (χ1n) is 6.67. The first-order chi connectivity index (χ1) is 10.5. The van der Waals surface area contributed by atoms with Gasteiger partial charge in [-0.1, -0.05) is 0 Å². The smallest absolute Gasteiger partial charge is 0.247 e. The number of aryl methyl sites for hydroxylation is 1. The predicted molar refractivity (Wildman–Crippen MR) is 76.2 cm³/mol. The number of aromatic nitrogens is 4. The van der Waals surface area contributed by atoms with Gasteiger partial charge in [-0.15, -0.1) is 11.3 Å². The van der Waals surface area contributed by atoms with Crippen LogP contribution in [0, 0.1) is 12.8 Å². The average molecular weight is 319 g/mol. The lowest BCUT2D eigenvalue weighted by Gasteiger charge is -2.36. The summed E-state index contributed by atoms with van der Waals surface area (Å²) < 4.78 is 1.58. The molecule has 0 spiro atoms. The molecule has 1 aliphatic rings. The van der Waals surface area contributed by atoms with Gasteiger partial charge in [-0.25, -0.2) is 9.97 Å². The summed E-state index contributed by atoms with van der Waals surface area (Å²) in [6.07, 6.45) is 2.82. The van der Waals surface area contributed by atoms with E-state index < -0.39 is 17.5 Å². The van der Waals surface area contributed by atoms with Crippen molar-refractivity contribution in [3.8, 4) is 0 Å². The van der Waals surface area contributed by atoms with Crippen molar-refractivity contribution in [1.29, 1.82) is 0 Å². The number of carbonyl (C=O) groups excluding carboxylic acids is 3. The lowest BCUT2D eigenvalue weighted by molar-refractivity contribution is -0.138. The summed E-state index contributed by atoms with van der Waals surface area (Å²) in [5.41, 5.74) is 0.153. The van der Waals surface area contributed by atoms with Gasteiger partial charge in [0.2, 0.25) is 17.5 Å². The van der Waals surface area contributed by atoms with Gasteiger partial charge in [0.1, 0.15) is 18.3 Å². The molecule has 0 radical (unpaired) electrons. The van der Waals surface area contributed by atoms with Crippen LogP contribution in [0.2, 0.25) is 0 Å². The summed E-state index contributed by atoms with van der Waals surface area (Å²) in [5.74, 6) is -1.96. The Morgan fingerprint density at radius 3 is 2.86 bits per heavy atom. The molecule has 0 unspecified atom stereocenters. The van der Waals surface area contributed by atoms with Crippen molar-refractivity contribution in [2.24, 2.45) is 5.92 Å². The van der Waals surface area contributed by atoms with Crippen molar-refractivity contribution < 1.29 is 14.4 Å². The number of nitrogens with one attached hydrogen (secondary N) is 1. The molecule has 3 heterocycles. The largest absolute Gasteiger partial charge is 0.350 e. The molecule has 0 bridgehead atoms. The van der Waals surface area contributed by atoms with E-state index in [0.717, 1.165) is 5.01 Å². The van der Waals surface area contributed by atoms with Crippen LogP contribution in [0.3, 0.4) is 0 Å². The second-order valence-electron chi connectivity index (χ2n) is 5.05. The Kier molecular flexibility index (Phi) is 3.80. The maximum atomic E-state index is 12.0. The monoisotopic (exact) mass is 319 g/mol.